The molecule has 1 aromatic carbocycles. The van der Waals surface area contributed by atoms with E-state index >= 15 is 0 Å². The number of hydrogen-bond acceptors (Lipinski definition) is 3. The second kappa shape index (κ2) is 5.87. The van der Waals surface area contributed by atoms with Crippen LogP contribution < -0.4 is 10.1 Å². The van der Waals surface area contributed by atoms with Crippen LogP contribution in [0.1, 0.15) is 37.9 Å². The van der Waals surface area contributed by atoms with Gasteiger partial charge in [0, 0.05) is 6.54 Å². The molecule has 2 atom stereocenters. The lowest BCUT2D eigenvalue weighted by atomic mass is 10.1. The smallest absolute Gasteiger partial charge is 0.261 e. The lowest BCUT2D eigenvalue weighted by molar-refractivity contribution is -0.127. The lowest BCUT2D eigenvalue weighted by Gasteiger charge is -2.16. The van der Waals surface area contributed by atoms with Gasteiger partial charge < -0.3 is 15.2 Å². The van der Waals surface area contributed by atoms with Crippen LogP contribution in [0.3, 0.4) is 0 Å². The summed E-state index contributed by atoms with van der Waals surface area (Å²) in [7, 11) is 0. The van der Waals surface area contributed by atoms with E-state index in [4.69, 9.17) is 4.74 Å². The van der Waals surface area contributed by atoms with Gasteiger partial charge in [-0.3, -0.25) is 4.79 Å². The second-order valence-corrected chi connectivity index (χ2v) is 4.64. The van der Waals surface area contributed by atoms with E-state index in [0.717, 1.165) is 31.4 Å². The van der Waals surface area contributed by atoms with Crippen LogP contribution in [0.4, 0.5) is 0 Å². The number of rotatable bonds is 3. The van der Waals surface area contributed by atoms with Crippen LogP contribution in [0.5, 0.6) is 5.75 Å². The normalized spacial score (nSPS) is 21.9. The van der Waals surface area contributed by atoms with Crippen molar-refractivity contribution in [2.24, 2.45) is 0 Å². The molecule has 4 nitrogen and oxygen atoms in total. The monoisotopic (exact) mass is 249 g/mol. The van der Waals surface area contributed by atoms with E-state index < -0.39 is 12.2 Å². The zero-order valence-electron chi connectivity index (χ0n) is 10.6. The van der Waals surface area contributed by atoms with Crippen LogP contribution in [0.2, 0.25) is 0 Å². The van der Waals surface area contributed by atoms with Crippen molar-refractivity contribution in [1.82, 2.24) is 5.32 Å². The predicted octanol–water partition coefficient (Wildman–Crippen LogP) is 1.79. The second-order valence-electron chi connectivity index (χ2n) is 4.64. The molecular weight excluding hydrogens is 230 g/mol. The Balaban J connectivity index is 2.01. The molecule has 18 heavy (non-hydrogen) atoms. The highest BCUT2D eigenvalue weighted by atomic mass is 16.5. The first-order valence-electron chi connectivity index (χ1n) is 6.39. The number of carbonyl (C=O) groups excluding carboxylic acids is 1. The molecule has 0 spiro atoms. The van der Waals surface area contributed by atoms with Gasteiger partial charge in [0.15, 0.2) is 6.10 Å². The van der Waals surface area contributed by atoms with Crippen molar-refractivity contribution in [3.05, 3.63) is 29.8 Å². The number of nitrogens with one attached hydrogen (secondary N) is 1. The molecule has 2 rings (SSSR count). The molecule has 1 saturated heterocycles. The number of carbonyl (C=O) groups is 1. The van der Waals surface area contributed by atoms with E-state index in [1.54, 1.807) is 19.1 Å². The summed E-state index contributed by atoms with van der Waals surface area (Å²) >= 11 is 0. The van der Waals surface area contributed by atoms with Gasteiger partial charge in [-0.25, -0.2) is 0 Å². The SMILES string of the molecule is C[C@H](O)c1ccc(OC2CCCCNC2=O)cc1. The van der Waals surface area contributed by atoms with Gasteiger partial charge in [-0.15, -0.1) is 0 Å². The third-order valence-corrected chi connectivity index (χ3v) is 3.13. The van der Waals surface area contributed by atoms with E-state index in [2.05, 4.69) is 5.32 Å². The number of benzene rings is 1. The van der Waals surface area contributed by atoms with Crippen molar-refractivity contribution in [3.8, 4) is 5.75 Å². The van der Waals surface area contributed by atoms with E-state index in [-0.39, 0.29) is 5.91 Å². The summed E-state index contributed by atoms with van der Waals surface area (Å²) in [6.07, 6.45) is 1.87. The number of aliphatic hydroxyl groups excluding tert-OH is 1. The average Bonchev–Trinajstić information content (AvgIpc) is 2.56. The van der Waals surface area contributed by atoms with Gasteiger partial charge in [-0.05, 0) is 43.9 Å². The highest BCUT2D eigenvalue weighted by molar-refractivity contribution is 5.81. The molecule has 0 radical (unpaired) electrons. The summed E-state index contributed by atoms with van der Waals surface area (Å²) in [5.74, 6) is 0.633. The molecular formula is C14H19NO3. The van der Waals surface area contributed by atoms with Gasteiger partial charge in [0.1, 0.15) is 5.75 Å². The highest BCUT2D eigenvalue weighted by Crippen LogP contribution is 2.20. The van der Waals surface area contributed by atoms with Gasteiger partial charge in [-0.2, -0.15) is 0 Å². The number of ether oxygens (including phenoxy) is 1. The summed E-state index contributed by atoms with van der Waals surface area (Å²) < 4.78 is 5.69. The van der Waals surface area contributed by atoms with Crippen LogP contribution >= 0.6 is 0 Å². The standard InChI is InChI=1S/C14H19NO3/c1-10(16)11-5-7-12(8-6-11)18-13-4-2-3-9-15-14(13)17/h5-8,10,13,16H,2-4,9H2,1H3,(H,15,17)/t10-,13?/m0/s1. The maximum Gasteiger partial charge on any atom is 0.261 e. The van der Waals surface area contributed by atoms with Crippen molar-refractivity contribution in [2.75, 3.05) is 6.54 Å². The maximum atomic E-state index is 11.7. The summed E-state index contributed by atoms with van der Waals surface area (Å²) in [5, 5.41) is 12.3. The highest BCUT2D eigenvalue weighted by Gasteiger charge is 2.22. The van der Waals surface area contributed by atoms with E-state index in [1.807, 2.05) is 12.1 Å². The summed E-state index contributed by atoms with van der Waals surface area (Å²) in [6, 6.07) is 7.21. The Kier molecular flexibility index (Phi) is 4.20. The molecule has 98 valence electrons. The first-order valence-corrected chi connectivity index (χ1v) is 6.39. The average molecular weight is 249 g/mol. The van der Waals surface area contributed by atoms with E-state index in [0.29, 0.717) is 5.75 Å². The molecule has 0 bridgehead atoms. The largest absolute Gasteiger partial charge is 0.481 e. The van der Waals surface area contributed by atoms with Gasteiger partial charge in [0.05, 0.1) is 6.10 Å². The minimum atomic E-state index is -0.486. The molecule has 1 aliphatic heterocycles. The molecule has 0 saturated carbocycles. The number of hydrogen-bond donors (Lipinski definition) is 2. The first-order chi connectivity index (χ1) is 8.66. The first kappa shape index (κ1) is 12.9. The quantitative estimate of drug-likeness (QED) is 0.858. The third kappa shape index (κ3) is 3.23. The Labute approximate surface area is 107 Å². The number of amides is 1. The molecule has 1 aromatic rings. The van der Waals surface area contributed by atoms with Gasteiger partial charge in [0.2, 0.25) is 0 Å². The van der Waals surface area contributed by atoms with Crippen LogP contribution in [0, 0.1) is 0 Å². The summed E-state index contributed by atoms with van der Waals surface area (Å²) in [4.78, 5) is 11.7. The molecule has 0 aliphatic carbocycles. The Morgan fingerprint density at radius 3 is 2.72 bits per heavy atom. The fraction of sp³-hybridized carbons (Fsp3) is 0.500. The molecule has 4 heteroatoms. The Morgan fingerprint density at radius 1 is 1.33 bits per heavy atom. The topological polar surface area (TPSA) is 58.6 Å². The third-order valence-electron chi connectivity index (χ3n) is 3.13. The molecule has 2 N–H and O–H groups in total. The molecule has 1 aliphatic rings. The zero-order chi connectivity index (χ0) is 13.0. The molecule has 1 amide bonds. The van der Waals surface area contributed by atoms with Gasteiger partial charge >= 0.3 is 0 Å². The summed E-state index contributed by atoms with van der Waals surface area (Å²) in [6.45, 7) is 2.45. The molecule has 0 aromatic heterocycles. The minimum Gasteiger partial charge on any atom is -0.481 e. The van der Waals surface area contributed by atoms with Crippen LogP contribution in [-0.4, -0.2) is 23.7 Å². The van der Waals surface area contributed by atoms with Crippen molar-refractivity contribution in [1.29, 1.82) is 0 Å². The van der Waals surface area contributed by atoms with Crippen LogP contribution in [-0.2, 0) is 4.79 Å². The van der Waals surface area contributed by atoms with Crippen LogP contribution in [0.25, 0.3) is 0 Å². The van der Waals surface area contributed by atoms with Gasteiger partial charge in [0.25, 0.3) is 5.91 Å². The van der Waals surface area contributed by atoms with Gasteiger partial charge in [-0.1, -0.05) is 12.1 Å². The Morgan fingerprint density at radius 2 is 2.06 bits per heavy atom. The fourth-order valence-electron chi connectivity index (χ4n) is 2.01. The van der Waals surface area contributed by atoms with Crippen molar-refractivity contribution >= 4 is 5.91 Å². The van der Waals surface area contributed by atoms with Crippen molar-refractivity contribution < 1.29 is 14.6 Å². The molecule has 1 heterocycles. The fourth-order valence-corrected chi connectivity index (χ4v) is 2.01. The van der Waals surface area contributed by atoms with E-state index in [1.165, 1.54) is 0 Å². The maximum absolute atomic E-state index is 11.7. The predicted molar refractivity (Wildman–Crippen MR) is 68.4 cm³/mol. The number of aliphatic hydroxyl groups is 1. The Bertz CT molecular complexity index is 400. The van der Waals surface area contributed by atoms with Crippen molar-refractivity contribution in [2.45, 2.75) is 38.4 Å². The molecule has 1 fully saturated rings. The summed E-state index contributed by atoms with van der Waals surface area (Å²) in [5.41, 5.74) is 0.840. The van der Waals surface area contributed by atoms with Crippen molar-refractivity contribution in [3.63, 3.8) is 0 Å². The minimum absolute atomic E-state index is 0.0351. The Hall–Kier alpha value is -1.55. The zero-order valence-corrected chi connectivity index (χ0v) is 10.6. The van der Waals surface area contributed by atoms with E-state index in [9.17, 15) is 9.90 Å². The van der Waals surface area contributed by atoms with Crippen LogP contribution in [0.15, 0.2) is 24.3 Å². The lowest BCUT2D eigenvalue weighted by Crippen LogP contribution is -2.36. The molecule has 1 unspecified atom stereocenters.